The number of nitrogens with zero attached hydrogens (tertiary/aromatic N) is 4. The van der Waals surface area contributed by atoms with Crippen molar-refractivity contribution >= 4 is 84.7 Å². The smallest absolute Gasteiger partial charge is 0.247 e. The molecule has 11 aromatic rings. The van der Waals surface area contributed by atoms with Crippen LogP contribution in [0.15, 0.2) is 188 Å². The van der Waals surface area contributed by atoms with E-state index >= 15 is 0 Å². The zero-order valence-corrected chi connectivity index (χ0v) is 29.7. The van der Waals surface area contributed by atoms with Gasteiger partial charge in [0.2, 0.25) is 8.96 Å². The van der Waals surface area contributed by atoms with Crippen LogP contribution in [-0.4, -0.2) is 27.7 Å². The number of para-hydroxylation sites is 2. The summed E-state index contributed by atoms with van der Waals surface area (Å²) in [6.07, 6.45) is 0. The molecule has 0 bridgehead atoms. The van der Waals surface area contributed by atoms with Gasteiger partial charge >= 0.3 is 0 Å². The Morgan fingerprint density at radius 3 is 1.81 bits per heavy atom. The molecule has 1 radical (unpaired) electrons. The van der Waals surface area contributed by atoms with Crippen molar-refractivity contribution in [1.29, 1.82) is 0 Å². The summed E-state index contributed by atoms with van der Waals surface area (Å²) in [4.78, 5) is 11.1. The number of hydrogen-bond acceptors (Lipinski definition) is 2. The lowest BCUT2D eigenvalue weighted by Gasteiger charge is -2.20. The van der Waals surface area contributed by atoms with Crippen LogP contribution in [0, 0.1) is 0 Å². The van der Waals surface area contributed by atoms with Crippen molar-refractivity contribution < 1.29 is 0 Å². The molecule has 0 unspecified atom stereocenters. The minimum absolute atomic E-state index is 0.847. The molecular weight excluding hydrogens is 661 g/mol. The van der Waals surface area contributed by atoms with E-state index in [4.69, 9.17) is 9.97 Å². The molecule has 11 rings (SSSR count). The quantitative estimate of drug-likeness (QED) is 0.169. The lowest BCUT2D eigenvalue weighted by Crippen LogP contribution is -2.48. The van der Waals surface area contributed by atoms with Crippen molar-refractivity contribution in [3.05, 3.63) is 188 Å². The Bertz CT molecular complexity index is 3140. The van der Waals surface area contributed by atoms with Gasteiger partial charge in [0.25, 0.3) is 0 Å². The number of rotatable bonds is 5. The van der Waals surface area contributed by atoms with E-state index in [0.717, 1.165) is 49.9 Å². The fraction of sp³-hybridized carbons (Fsp3) is 0. The molecule has 53 heavy (non-hydrogen) atoms. The van der Waals surface area contributed by atoms with Gasteiger partial charge in [-0.05, 0) is 51.5 Å². The van der Waals surface area contributed by atoms with Gasteiger partial charge in [-0.1, -0.05) is 158 Å². The lowest BCUT2D eigenvalue weighted by molar-refractivity contribution is 1.07. The van der Waals surface area contributed by atoms with Gasteiger partial charge in [0.05, 0.1) is 22.2 Å². The SMILES string of the molecule is c1ccc([Si](c2ccccc2)n2c3ccccc3c3ccc4cc5c6ccccc6n(-c6cccc(-c7cccc8ccccc78)n6)c5nc4c32)cc1. The van der Waals surface area contributed by atoms with E-state index in [1.54, 1.807) is 0 Å². The summed E-state index contributed by atoms with van der Waals surface area (Å²) in [6.45, 7) is 0. The molecule has 0 aliphatic rings. The highest BCUT2D eigenvalue weighted by molar-refractivity contribution is 6.85. The van der Waals surface area contributed by atoms with Crippen LogP contribution in [0.4, 0.5) is 0 Å². The van der Waals surface area contributed by atoms with E-state index < -0.39 is 8.96 Å². The third-order valence-corrected chi connectivity index (χ3v) is 13.3. The first-order valence-electron chi connectivity index (χ1n) is 18.0. The van der Waals surface area contributed by atoms with Crippen molar-refractivity contribution in [3.63, 3.8) is 0 Å². The predicted molar refractivity (Wildman–Crippen MR) is 223 cm³/mol. The third-order valence-electron chi connectivity index (χ3n) is 10.6. The second-order valence-electron chi connectivity index (χ2n) is 13.6. The minimum atomic E-state index is -1.51. The minimum Gasteiger partial charge on any atom is -0.357 e. The first kappa shape index (κ1) is 29.9. The van der Waals surface area contributed by atoms with Crippen molar-refractivity contribution in [2.45, 2.75) is 0 Å². The Morgan fingerprint density at radius 2 is 1.04 bits per heavy atom. The van der Waals surface area contributed by atoms with Crippen molar-refractivity contribution in [1.82, 2.24) is 18.8 Å². The largest absolute Gasteiger partial charge is 0.357 e. The van der Waals surface area contributed by atoms with Crippen molar-refractivity contribution in [3.8, 4) is 17.1 Å². The molecule has 0 spiro atoms. The number of pyridine rings is 2. The van der Waals surface area contributed by atoms with Crippen LogP contribution in [0.2, 0.25) is 0 Å². The van der Waals surface area contributed by atoms with Gasteiger partial charge in [-0.25, -0.2) is 9.97 Å². The van der Waals surface area contributed by atoms with Gasteiger partial charge in [-0.2, -0.15) is 0 Å². The van der Waals surface area contributed by atoms with E-state index in [9.17, 15) is 0 Å². The molecule has 0 amide bonds. The number of fused-ring (bicyclic) bond motifs is 9. The highest BCUT2D eigenvalue weighted by Gasteiger charge is 2.27. The fourth-order valence-corrected chi connectivity index (χ4v) is 11.0. The monoisotopic (exact) mass is 691 g/mol. The highest BCUT2D eigenvalue weighted by Crippen LogP contribution is 2.38. The summed E-state index contributed by atoms with van der Waals surface area (Å²) in [5, 5.41) is 10.9. The number of hydrogen-bond donors (Lipinski definition) is 0. The highest BCUT2D eigenvalue weighted by atomic mass is 28.3. The second kappa shape index (κ2) is 11.9. The van der Waals surface area contributed by atoms with Crippen LogP contribution >= 0.6 is 0 Å². The number of aromatic nitrogens is 4. The van der Waals surface area contributed by atoms with Crippen LogP contribution in [0.1, 0.15) is 0 Å². The van der Waals surface area contributed by atoms with E-state index in [0.29, 0.717) is 0 Å². The molecule has 0 atom stereocenters. The Hall–Kier alpha value is -6.82. The summed E-state index contributed by atoms with van der Waals surface area (Å²) in [5.74, 6) is 0.847. The van der Waals surface area contributed by atoms with E-state index in [1.165, 1.54) is 43.0 Å². The summed E-state index contributed by atoms with van der Waals surface area (Å²) in [7, 11) is -1.51. The first-order chi connectivity index (χ1) is 26.3. The molecule has 0 saturated heterocycles. The molecule has 4 heterocycles. The first-order valence-corrected chi connectivity index (χ1v) is 19.5. The van der Waals surface area contributed by atoms with Crippen LogP contribution in [0.25, 0.3) is 82.5 Å². The van der Waals surface area contributed by atoms with E-state index in [-0.39, 0.29) is 0 Å². The molecule has 0 aliphatic carbocycles. The Morgan fingerprint density at radius 1 is 0.415 bits per heavy atom. The summed E-state index contributed by atoms with van der Waals surface area (Å²) >= 11 is 0. The average Bonchev–Trinajstić information content (AvgIpc) is 3.73. The van der Waals surface area contributed by atoms with E-state index in [2.05, 4.69) is 197 Å². The topological polar surface area (TPSA) is 35.6 Å². The predicted octanol–water partition coefficient (Wildman–Crippen LogP) is 10.3. The summed E-state index contributed by atoms with van der Waals surface area (Å²) in [5.41, 5.74) is 7.43. The van der Waals surface area contributed by atoms with Crippen molar-refractivity contribution in [2.75, 3.05) is 0 Å². The van der Waals surface area contributed by atoms with Crippen LogP contribution in [-0.2, 0) is 0 Å². The third kappa shape index (κ3) is 4.61. The molecule has 5 heteroatoms. The molecule has 7 aromatic carbocycles. The molecule has 4 nitrogen and oxygen atoms in total. The van der Waals surface area contributed by atoms with E-state index in [1.807, 2.05) is 0 Å². The van der Waals surface area contributed by atoms with Crippen molar-refractivity contribution in [2.24, 2.45) is 0 Å². The van der Waals surface area contributed by atoms with Gasteiger partial charge in [0, 0.05) is 38.0 Å². The zero-order chi connectivity index (χ0) is 34.9. The molecule has 0 saturated carbocycles. The summed E-state index contributed by atoms with van der Waals surface area (Å²) < 4.78 is 4.87. The Balaban J connectivity index is 1.24. The maximum Gasteiger partial charge on any atom is 0.247 e. The molecule has 247 valence electrons. The molecule has 0 fully saturated rings. The van der Waals surface area contributed by atoms with Gasteiger partial charge in [0.15, 0.2) is 0 Å². The van der Waals surface area contributed by atoms with Crippen LogP contribution in [0.5, 0.6) is 0 Å². The number of benzene rings is 7. The summed E-state index contributed by atoms with van der Waals surface area (Å²) in [6, 6.07) is 67.6. The van der Waals surface area contributed by atoms with Gasteiger partial charge in [-0.3, -0.25) is 4.57 Å². The van der Waals surface area contributed by atoms with Gasteiger partial charge in [0.1, 0.15) is 11.5 Å². The second-order valence-corrected chi connectivity index (χ2v) is 15.9. The van der Waals surface area contributed by atoms with Crippen LogP contribution in [0.3, 0.4) is 0 Å². The maximum atomic E-state index is 5.72. The standard InChI is InChI=1S/C48H31N4Si/c1-3-17-34(18-4-1)53(35-19-5-2-6-20-35)52-44-27-12-10-22-38(44)40-30-29-33-31-41-39-23-9-11-26-43(39)51(48(41)50-46(33)47(40)52)45-28-14-25-42(49-45)37-24-13-16-32-15-7-8-21-36(32)37/h1-31H. The Labute approximate surface area is 307 Å². The lowest BCUT2D eigenvalue weighted by atomic mass is 10.0. The van der Waals surface area contributed by atoms with Gasteiger partial charge in [-0.15, -0.1) is 0 Å². The molecule has 0 aliphatic heterocycles. The Kier molecular flexibility index (Phi) is 6.69. The maximum absolute atomic E-state index is 5.72. The normalized spacial score (nSPS) is 11.9. The molecular formula is C48H31N4Si. The van der Waals surface area contributed by atoms with Gasteiger partial charge < -0.3 is 4.23 Å². The van der Waals surface area contributed by atoms with Crippen LogP contribution < -0.4 is 10.4 Å². The fourth-order valence-electron chi connectivity index (χ4n) is 8.28. The molecule has 4 aromatic heterocycles. The zero-order valence-electron chi connectivity index (χ0n) is 28.7. The molecule has 0 N–H and O–H groups in total. The average molecular weight is 692 g/mol.